The molecule has 0 spiro atoms. The first-order valence-corrected chi connectivity index (χ1v) is 23.1. The Bertz CT molecular complexity index is 4190. The number of pyridine rings is 1. The summed E-state index contributed by atoms with van der Waals surface area (Å²) < 4.78 is 2.40. The number of hydrogen-bond donors (Lipinski definition) is 0. The Kier molecular flexibility index (Phi) is 8.32. The first kappa shape index (κ1) is 37.5. The molecule has 0 saturated heterocycles. The molecule has 2 heteroatoms. The van der Waals surface area contributed by atoms with Crippen molar-refractivity contribution in [2.45, 2.75) is 0 Å². The Hall–Kier alpha value is -8.85. The third kappa shape index (κ3) is 5.87. The van der Waals surface area contributed by atoms with Gasteiger partial charge in [0.25, 0.3) is 0 Å². The quantitative estimate of drug-likeness (QED) is 0.158. The minimum Gasteiger partial charge on any atom is -0.309 e. The molecular formula is C65H40N2. The highest BCUT2D eigenvalue weighted by molar-refractivity contribution is 6.29. The Balaban J connectivity index is 1.03. The molecule has 0 amide bonds. The first-order chi connectivity index (χ1) is 33.2. The monoisotopic (exact) mass is 848 g/mol. The van der Waals surface area contributed by atoms with E-state index in [1.807, 2.05) is 0 Å². The third-order valence-electron chi connectivity index (χ3n) is 14.1. The van der Waals surface area contributed by atoms with Crippen LogP contribution in [0, 0.1) is 0 Å². The van der Waals surface area contributed by atoms with E-state index in [2.05, 4.69) is 247 Å². The Labute approximate surface area is 387 Å². The zero-order valence-electron chi connectivity index (χ0n) is 36.5. The van der Waals surface area contributed by atoms with Crippen molar-refractivity contribution in [2.24, 2.45) is 0 Å². The average Bonchev–Trinajstić information content (AvgIpc) is 3.75. The molecule has 12 aromatic carbocycles. The van der Waals surface area contributed by atoms with Crippen LogP contribution in [0.3, 0.4) is 0 Å². The summed E-state index contributed by atoms with van der Waals surface area (Å²) in [6.45, 7) is 0. The van der Waals surface area contributed by atoms with Crippen molar-refractivity contribution in [1.82, 2.24) is 9.55 Å². The zero-order valence-corrected chi connectivity index (χ0v) is 36.5. The highest BCUT2D eigenvalue weighted by atomic mass is 15.0. The number of aromatic nitrogens is 2. The highest BCUT2D eigenvalue weighted by Crippen LogP contribution is 2.45. The largest absolute Gasteiger partial charge is 0.309 e. The summed E-state index contributed by atoms with van der Waals surface area (Å²) in [5.41, 5.74) is 13.7. The van der Waals surface area contributed by atoms with Gasteiger partial charge in [-0.05, 0) is 143 Å². The van der Waals surface area contributed by atoms with Crippen LogP contribution in [0.4, 0.5) is 0 Å². The van der Waals surface area contributed by atoms with Crippen LogP contribution in [0.2, 0.25) is 0 Å². The summed E-state index contributed by atoms with van der Waals surface area (Å²) in [5.74, 6) is 0. The Morgan fingerprint density at radius 2 is 0.776 bits per heavy atom. The molecule has 0 aliphatic rings. The van der Waals surface area contributed by atoms with Gasteiger partial charge in [-0.1, -0.05) is 176 Å². The molecule has 0 unspecified atom stereocenters. The number of hydrogen-bond acceptors (Lipinski definition) is 1. The normalized spacial score (nSPS) is 11.9. The summed E-state index contributed by atoms with van der Waals surface area (Å²) in [6.07, 6.45) is 0. The van der Waals surface area contributed by atoms with Gasteiger partial charge in [-0.25, -0.2) is 4.98 Å². The van der Waals surface area contributed by atoms with Gasteiger partial charge in [0.15, 0.2) is 0 Å². The van der Waals surface area contributed by atoms with Crippen LogP contribution < -0.4 is 0 Å². The number of benzene rings is 12. The molecule has 2 aromatic heterocycles. The molecule has 0 atom stereocenters. The van der Waals surface area contributed by atoms with E-state index in [1.54, 1.807) is 0 Å². The van der Waals surface area contributed by atoms with Gasteiger partial charge in [-0.2, -0.15) is 0 Å². The lowest BCUT2D eigenvalue weighted by molar-refractivity contribution is 1.18. The summed E-state index contributed by atoms with van der Waals surface area (Å²) >= 11 is 0. The molecule has 0 aliphatic heterocycles. The first-order valence-electron chi connectivity index (χ1n) is 23.1. The number of fused-ring (bicyclic) bond motifs is 13. The van der Waals surface area contributed by atoms with E-state index in [1.165, 1.54) is 92.5 Å². The molecule has 14 rings (SSSR count). The van der Waals surface area contributed by atoms with Crippen molar-refractivity contribution in [1.29, 1.82) is 0 Å². The summed E-state index contributed by atoms with van der Waals surface area (Å²) in [6, 6.07) is 89.1. The fraction of sp³-hybridized carbons (Fsp3) is 0. The van der Waals surface area contributed by atoms with E-state index in [9.17, 15) is 0 Å². The van der Waals surface area contributed by atoms with Crippen LogP contribution >= 0.6 is 0 Å². The fourth-order valence-electron chi connectivity index (χ4n) is 11.1. The van der Waals surface area contributed by atoms with Crippen LogP contribution in [0.15, 0.2) is 243 Å². The molecule has 310 valence electrons. The highest BCUT2D eigenvalue weighted by Gasteiger charge is 2.21. The van der Waals surface area contributed by atoms with Gasteiger partial charge < -0.3 is 4.57 Å². The molecule has 0 aliphatic carbocycles. The molecule has 0 fully saturated rings. The maximum Gasteiger partial charge on any atom is 0.0788 e. The molecule has 0 saturated carbocycles. The van der Waals surface area contributed by atoms with E-state index in [-0.39, 0.29) is 0 Å². The third-order valence-corrected chi connectivity index (χ3v) is 14.1. The second-order valence-corrected chi connectivity index (χ2v) is 17.8. The molecule has 0 bridgehead atoms. The van der Waals surface area contributed by atoms with E-state index >= 15 is 0 Å². The minimum atomic E-state index is 0.978. The fourth-order valence-corrected chi connectivity index (χ4v) is 11.1. The van der Waals surface area contributed by atoms with Gasteiger partial charge in [0.2, 0.25) is 0 Å². The number of para-hydroxylation sites is 3. The number of nitrogens with zero attached hydrogens (tertiary/aromatic N) is 2. The lowest BCUT2D eigenvalue weighted by atomic mass is 9.87. The standard InChI is InChI=1S/C65H40N2/c1-2-21-48(22-3-1)67-61-32-15-13-30-56(61)64-62(67)34-33-57-63(64)55-29-12-14-31-60(55)66-65(57)44-20-16-19-41(35-44)45-36-46(58-39-42-17-4-6-23-49(42)51-25-8-10-27-53(51)58)38-47(37-45)59-40-43-18-5-7-24-50(43)52-26-9-11-28-54(52)59/h1-40H. The van der Waals surface area contributed by atoms with Crippen molar-refractivity contribution in [2.75, 3.05) is 0 Å². The van der Waals surface area contributed by atoms with E-state index in [0.29, 0.717) is 0 Å². The molecule has 14 aromatic rings. The van der Waals surface area contributed by atoms with Gasteiger partial charge in [-0.15, -0.1) is 0 Å². The topological polar surface area (TPSA) is 17.8 Å². The molecule has 2 heterocycles. The van der Waals surface area contributed by atoms with Crippen LogP contribution in [0.5, 0.6) is 0 Å². The molecule has 2 nitrogen and oxygen atoms in total. The Morgan fingerprint density at radius 3 is 1.45 bits per heavy atom. The zero-order chi connectivity index (χ0) is 44.0. The summed E-state index contributed by atoms with van der Waals surface area (Å²) in [5, 5.41) is 16.0. The van der Waals surface area contributed by atoms with Gasteiger partial charge in [0.1, 0.15) is 0 Å². The molecule has 0 radical (unpaired) electrons. The van der Waals surface area contributed by atoms with Crippen LogP contribution in [0.25, 0.3) is 137 Å². The molecule has 0 N–H and O–H groups in total. The van der Waals surface area contributed by atoms with Crippen LogP contribution in [-0.2, 0) is 0 Å². The van der Waals surface area contributed by atoms with Crippen LogP contribution in [0.1, 0.15) is 0 Å². The van der Waals surface area contributed by atoms with Gasteiger partial charge in [-0.3, -0.25) is 0 Å². The van der Waals surface area contributed by atoms with Crippen LogP contribution in [-0.4, -0.2) is 9.55 Å². The van der Waals surface area contributed by atoms with E-state index < -0.39 is 0 Å². The average molecular weight is 849 g/mol. The van der Waals surface area contributed by atoms with Gasteiger partial charge in [0, 0.05) is 38.2 Å². The lowest BCUT2D eigenvalue weighted by Gasteiger charge is -2.17. The Morgan fingerprint density at radius 1 is 0.269 bits per heavy atom. The van der Waals surface area contributed by atoms with Gasteiger partial charge >= 0.3 is 0 Å². The number of rotatable bonds is 5. The molecular weight excluding hydrogens is 809 g/mol. The SMILES string of the molecule is c1ccc(-n2c3ccccc3c3c4c(ccc32)c(-c2cccc(-c3cc(-c5cc6ccccc6c6ccccc56)cc(-c5cc6ccccc6c6ccccc56)c3)c2)nc2ccccc24)cc1. The molecule has 67 heavy (non-hydrogen) atoms. The van der Waals surface area contributed by atoms with Crippen molar-refractivity contribution in [3.8, 4) is 50.3 Å². The second kappa shape index (κ2) is 14.9. The summed E-state index contributed by atoms with van der Waals surface area (Å²) in [4.78, 5) is 5.51. The minimum absolute atomic E-state index is 0.978. The maximum absolute atomic E-state index is 5.51. The maximum atomic E-state index is 5.51. The van der Waals surface area contributed by atoms with Gasteiger partial charge in [0.05, 0.1) is 22.2 Å². The summed E-state index contributed by atoms with van der Waals surface area (Å²) in [7, 11) is 0. The second-order valence-electron chi connectivity index (χ2n) is 17.8. The predicted molar refractivity (Wildman–Crippen MR) is 285 cm³/mol. The van der Waals surface area contributed by atoms with Crippen molar-refractivity contribution < 1.29 is 0 Å². The van der Waals surface area contributed by atoms with Crippen molar-refractivity contribution in [3.63, 3.8) is 0 Å². The van der Waals surface area contributed by atoms with E-state index in [4.69, 9.17) is 4.98 Å². The van der Waals surface area contributed by atoms with Crippen molar-refractivity contribution >= 4 is 86.6 Å². The smallest absolute Gasteiger partial charge is 0.0788 e. The lowest BCUT2D eigenvalue weighted by Crippen LogP contribution is -1.94. The van der Waals surface area contributed by atoms with E-state index in [0.717, 1.165) is 44.4 Å². The predicted octanol–water partition coefficient (Wildman–Crippen LogP) is 17.8. The van der Waals surface area contributed by atoms with Crippen molar-refractivity contribution in [3.05, 3.63) is 243 Å².